The van der Waals surface area contributed by atoms with Gasteiger partial charge < -0.3 is 9.47 Å². The molecule has 1 aromatic rings. The average molecular weight is 408 g/mol. The molecule has 0 saturated heterocycles. The Balaban J connectivity index is 1.94. The molecule has 1 saturated carbocycles. The molecule has 1 aromatic carbocycles. The zero-order chi connectivity index (χ0) is 20.8. The van der Waals surface area contributed by atoms with Crippen LogP contribution in [0, 0.1) is 17.8 Å². The second-order valence-corrected chi connectivity index (χ2v) is 7.71. The standard InChI is InChI=1S/C21H29F5O2/c1-3-4-15-5-9-17(10-6-15)21(25,26)28-19-11-7-16(8-12-19)13-18(14-27-2)20(22,23)24/h7-8,11-12,15,17-18H,3-6,9-10,13-14H2,1-2H3. The van der Waals surface area contributed by atoms with Crippen molar-refractivity contribution in [2.45, 2.75) is 64.2 Å². The Labute approximate surface area is 163 Å². The third kappa shape index (κ3) is 6.61. The van der Waals surface area contributed by atoms with Gasteiger partial charge in [-0.25, -0.2) is 0 Å². The molecule has 0 radical (unpaired) electrons. The summed E-state index contributed by atoms with van der Waals surface area (Å²) in [6.45, 7) is 1.65. The van der Waals surface area contributed by atoms with Gasteiger partial charge in [-0.2, -0.15) is 22.0 Å². The van der Waals surface area contributed by atoms with E-state index >= 15 is 0 Å². The maximum Gasteiger partial charge on any atom is 0.400 e. The Kier molecular flexibility index (Phi) is 8.10. The van der Waals surface area contributed by atoms with Crippen LogP contribution in [0.15, 0.2) is 24.3 Å². The minimum absolute atomic E-state index is 0.0280. The quantitative estimate of drug-likeness (QED) is 0.427. The summed E-state index contributed by atoms with van der Waals surface area (Å²) in [5, 5.41) is 0. The molecule has 0 N–H and O–H groups in total. The fourth-order valence-electron chi connectivity index (χ4n) is 3.88. The first kappa shape index (κ1) is 22.9. The van der Waals surface area contributed by atoms with Crippen LogP contribution in [0.3, 0.4) is 0 Å². The van der Waals surface area contributed by atoms with Crippen LogP contribution in [0.25, 0.3) is 0 Å². The smallest absolute Gasteiger partial charge is 0.400 e. The molecule has 2 rings (SSSR count). The molecular weight excluding hydrogens is 379 g/mol. The molecule has 0 amide bonds. The number of halogens is 5. The summed E-state index contributed by atoms with van der Waals surface area (Å²) in [6.07, 6.45) is -3.35. The maximum absolute atomic E-state index is 14.5. The summed E-state index contributed by atoms with van der Waals surface area (Å²) in [6, 6.07) is 5.42. The van der Waals surface area contributed by atoms with Gasteiger partial charge in [0.05, 0.1) is 18.4 Å². The molecule has 1 aliphatic rings. The molecular formula is C21H29F5O2. The summed E-state index contributed by atoms with van der Waals surface area (Å²) in [4.78, 5) is 0. The highest BCUT2D eigenvalue weighted by atomic mass is 19.4. The number of hydrogen-bond donors (Lipinski definition) is 0. The molecule has 160 valence electrons. The Morgan fingerprint density at radius 2 is 1.61 bits per heavy atom. The van der Waals surface area contributed by atoms with Gasteiger partial charge in [0.1, 0.15) is 5.75 Å². The van der Waals surface area contributed by atoms with E-state index in [2.05, 4.69) is 11.7 Å². The SMILES string of the molecule is CCCC1CCC(C(F)(F)Oc2ccc(CC(COC)C(F)(F)F)cc2)CC1. The molecule has 7 heteroatoms. The fourth-order valence-corrected chi connectivity index (χ4v) is 3.88. The number of hydrogen-bond acceptors (Lipinski definition) is 2. The third-order valence-corrected chi connectivity index (χ3v) is 5.51. The Morgan fingerprint density at radius 1 is 1.00 bits per heavy atom. The Bertz CT molecular complexity index is 577. The van der Waals surface area contributed by atoms with Crippen LogP contribution in [-0.4, -0.2) is 26.0 Å². The van der Waals surface area contributed by atoms with Crippen LogP contribution >= 0.6 is 0 Å². The average Bonchev–Trinajstić information content (AvgIpc) is 2.62. The van der Waals surface area contributed by atoms with E-state index in [4.69, 9.17) is 4.74 Å². The minimum Gasteiger partial charge on any atom is -0.432 e. The Morgan fingerprint density at radius 3 is 2.11 bits per heavy atom. The predicted octanol–water partition coefficient (Wildman–Crippen LogP) is 6.63. The largest absolute Gasteiger partial charge is 0.432 e. The summed E-state index contributed by atoms with van der Waals surface area (Å²) in [5.41, 5.74) is 0.398. The van der Waals surface area contributed by atoms with E-state index < -0.39 is 30.7 Å². The topological polar surface area (TPSA) is 18.5 Å². The Hall–Kier alpha value is -1.37. The van der Waals surface area contributed by atoms with E-state index in [9.17, 15) is 22.0 Å². The van der Waals surface area contributed by atoms with Crippen molar-refractivity contribution in [1.29, 1.82) is 0 Å². The van der Waals surface area contributed by atoms with Gasteiger partial charge in [-0.1, -0.05) is 31.9 Å². The first-order valence-electron chi connectivity index (χ1n) is 9.87. The number of benzene rings is 1. The van der Waals surface area contributed by atoms with Gasteiger partial charge in [0, 0.05) is 7.11 Å². The summed E-state index contributed by atoms with van der Waals surface area (Å²) in [7, 11) is 1.22. The number of ether oxygens (including phenoxy) is 2. The number of methoxy groups -OCH3 is 1. The molecule has 1 fully saturated rings. The van der Waals surface area contributed by atoms with Crippen molar-refractivity contribution in [3.8, 4) is 5.75 Å². The van der Waals surface area contributed by atoms with E-state index in [-0.39, 0.29) is 12.2 Å². The van der Waals surface area contributed by atoms with Crippen LogP contribution < -0.4 is 4.74 Å². The monoisotopic (exact) mass is 408 g/mol. The summed E-state index contributed by atoms with van der Waals surface area (Å²) < 4.78 is 77.5. The highest BCUT2D eigenvalue weighted by Gasteiger charge is 2.44. The van der Waals surface area contributed by atoms with Gasteiger partial charge >= 0.3 is 12.3 Å². The first-order valence-corrected chi connectivity index (χ1v) is 9.87. The van der Waals surface area contributed by atoms with Gasteiger partial charge in [-0.05, 0) is 55.7 Å². The lowest BCUT2D eigenvalue weighted by molar-refractivity contribution is -0.223. The normalized spacial score (nSPS) is 22.1. The second kappa shape index (κ2) is 9.90. The molecule has 0 bridgehead atoms. The lowest BCUT2D eigenvalue weighted by Crippen LogP contribution is -2.37. The zero-order valence-corrected chi connectivity index (χ0v) is 16.4. The molecule has 1 aliphatic carbocycles. The summed E-state index contributed by atoms with van der Waals surface area (Å²) in [5.74, 6) is -1.97. The molecule has 0 aromatic heterocycles. The second-order valence-electron chi connectivity index (χ2n) is 7.71. The van der Waals surface area contributed by atoms with Crippen molar-refractivity contribution in [3.63, 3.8) is 0 Å². The minimum atomic E-state index is -4.38. The number of alkyl halides is 5. The fraction of sp³-hybridized carbons (Fsp3) is 0.714. The summed E-state index contributed by atoms with van der Waals surface area (Å²) >= 11 is 0. The van der Waals surface area contributed by atoms with Crippen LogP contribution in [0.5, 0.6) is 5.75 Å². The van der Waals surface area contributed by atoms with E-state index in [1.807, 2.05) is 0 Å². The molecule has 28 heavy (non-hydrogen) atoms. The van der Waals surface area contributed by atoms with Crippen molar-refractivity contribution in [1.82, 2.24) is 0 Å². The molecule has 0 aliphatic heterocycles. The van der Waals surface area contributed by atoms with Crippen molar-refractivity contribution < 1.29 is 31.4 Å². The zero-order valence-electron chi connectivity index (χ0n) is 16.4. The van der Waals surface area contributed by atoms with E-state index in [0.717, 1.165) is 25.7 Å². The van der Waals surface area contributed by atoms with Crippen LogP contribution in [0.4, 0.5) is 22.0 Å². The van der Waals surface area contributed by atoms with Gasteiger partial charge in [-0.3, -0.25) is 0 Å². The van der Waals surface area contributed by atoms with Gasteiger partial charge in [-0.15, -0.1) is 0 Å². The van der Waals surface area contributed by atoms with E-state index in [0.29, 0.717) is 24.3 Å². The molecule has 1 atom stereocenters. The van der Waals surface area contributed by atoms with Crippen molar-refractivity contribution in [2.75, 3.05) is 13.7 Å². The van der Waals surface area contributed by atoms with E-state index in [1.54, 1.807) is 0 Å². The van der Waals surface area contributed by atoms with Gasteiger partial charge in [0.2, 0.25) is 0 Å². The maximum atomic E-state index is 14.5. The first-order chi connectivity index (χ1) is 13.2. The highest BCUT2D eigenvalue weighted by Crippen LogP contribution is 2.41. The lowest BCUT2D eigenvalue weighted by atomic mass is 9.79. The van der Waals surface area contributed by atoms with Crippen LogP contribution in [-0.2, 0) is 11.2 Å². The molecule has 2 nitrogen and oxygen atoms in total. The van der Waals surface area contributed by atoms with E-state index in [1.165, 1.54) is 31.4 Å². The molecule has 1 unspecified atom stereocenters. The van der Waals surface area contributed by atoms with Crippen LogP contribution in [0.2, 0.25) is 0 Å². The lowest BCUT2D eigenvalue weighted by Gasteiger charge is -2.33. The third-order valence-electron chi connectivity index (χ3n) is 5.51. The van der Waals surface area contributed by atoms with Crippen LogP contribution in [0.1, 0.15) is 51.0 Å². The predicted molar refractivity (Wildman–Crippen MR) is 97.5 cm³/mol. The van der Waals surface area contributed by atoms with Crippen molar-refractivity contribution in [2.24, 2.45) is 17.8 Å². The number of rotatable bonds is 9. The molecule has 0 heterocycles. The van der Waals surface area contributed by atoms with Gasteiger partial charge in [0.25, 0.3) is 0 Å². The van der Waals surface area contributed by atoms with Crippen molar-refractivity contribution >= 4 is 0 Å². The van der Waals surface area contributed by atoms with Gasteiger partial charge in [0.15, 0.2) is 0 Å². The highest BCUT2D eigenvalue weighted by molar-refractivity contribution is 5.28. The molecule has 0 spiro atoms. The van der Waals surface area contributed by atoms with Crippen molar-refractivity contribution in [3.05, 3.63) is 29.8 Å².